The summed E-state index contributed by atoms with van der Waals surface area (Å²) >= 11 is 0. The summed E-state index contributed by atoms with van der Waals surface area (Å²) in [6.07, 6.45) is 7.08. The molecular weight excluding hydrogens is 364 g/mol. The molecule has 29 heavy (non-hydrogen) atoms. The van der Waals surface area contributed by atoms with Crippen LogP contribution in [0.25, 0.3) is 0 Å². The summed E-state index contributed by atoms with van der Waals surface area (Å²) in [7, 11) is 0. The van der Waals surface area contributed by atoms with Gasteiger partial charge in [0.15, 0.2) is 0 Å². The van der Waals surface area contributed by atoms with Crippen LogP contribution in [0.1, 0.15) is 79.1 Å². The highest BCUT2D eigenvalue weighted by molar-refractivity contribution is 5.97. The Morgan fingerprint density at radius 2 is 1.83 bits per heavy atom. The van der Waals surface area contributed by atoms with Gasteiger partial charge in [-0.25, -0.2) is 0 Å². The van der Waals surface area contributed by atoms with Gasteiger partial charge in [0.2, 0.25) is 0 Å². The van der Waals surface area contributed by atoms with Crippen LogP contribution in [-0.2, 0) is 14.4 Å². The van der Waals surface area contributed by atoms with E-state index < -0.39 is 0 Å². The van der Waals surface area contributed by atoms with Gasteiger partial charge in [-0.1, -0.05) is 32.9 Å². The van der Waals surface area contributed by atoms with E-state index in [1.54, 1.807) is 0 Å². The molecule has 6 atom stereocenters. The van der Waals surface area contributed by atoms with Crippen LogP contribution >= 0.6 is 0 Å². The highest BCUT2D eigenvalue weighted by Gasteiger charge is 2.65. The molecule has 4 saturated carbocycles. The molecule has 1 unspecified atom stereocenters. The first-order chi connectivity index (χ1) is 13.7. The fraction of sp³-hybridized carbons (Fsp3) is 0.875. The lowest BCUT2D eigenvalue weighted by molar-refractivity contribution is -0.160. The van der Waals surface area contributed by atoms with E-state index >= 15 is 0 Å². The molecule has 5 nitrogen and oxygen atoms in total. The minimum absolute atomic E-state index is 0.00720. The molecule has 0 bridgehead atoms. The Morgan fingerprint density at radius 3 is 2.55 bits per heavy atom. The van der Waals surface area contributed by atoms with Gasteiger partial charge < -0.3 is 10.6 Å². The lowest BCUT2D eigenvalue weighted by Crippen LogP contribution is -2.61. The molecule has 4 fully saturated rings. The van der Waals surface area contributed by atoms with Crippen LogP contribution < -0.4 is 5.73 Å². The van der Waals surface area contributed by atoms with Crippen molar-refractivity contribution in [2.24, 2.45) is 50.8 Å². The van der Waals surface area contributed by atoms with Crippen molar-refractivity contribution in [3.63, 3.8) is 0 Å². The number of nitrogens with two attached hydrogens (primary N) is 1. The van der Waals surface area contributed by atoms with Gasteiger partial charge >= 0.3 is 0 Å². The molecule has 0 aromatic rings. The van der Waals surface area contributed by atoms with E-state index in [1.165, 1.54) is 0 Å². The molecule has 0 radical (unpaired) electrons. The van der Waals surface area contributed by atoms with Gasteiger partial charge in [0.25, 0.3) is 0 Å². The topological polar surface area (TPSA) is 81.8 Å². The number of ketones is 2. The zero-order valence-electron chi connectivity index (χ0n) is 18.6. The van der Waals surface area contributed by atoms with E-state index in [2.05, 4.69) is 32.9 Å². The predicted octanol–water partition coefficient (Wildman–Crippen LogP) is 4.13. The third kappa shape index (κ3) is 3.02. The van der Waals surface area contributed by atoms with E-state index in [4.69, 9.17) is 10.6 Å². The molecule has 0 amide bonds. The van der Waals surface area contributed by atoms with E-state index in [1.807, 2.05) is 0 Å². The first-order valence-corrected chi connectivity index (χ1v) is 11.6. The molecule has 0 heterocycles. The maximum atomic E-state index is 13.6. The minimum atomic E-state index is -0.288. The average molecular weight is 403 g/mol. The molecule has 0 aromatic carbocycles. The second kappa shape index (κ2) is 7.18. The number of rotatable bonds is 4. The van der Waals surface area contributed by atoms with Gasteiger partial charge in [-0.3, -0.25) is 9.59 Å². The molecule has 0 saturated heterocycles. The molecule has 0 spiro atoms. The maximum absolute atomic E-state index is 13.6. The van der Waals surface area contributed by atoms with Gasteiger partial charge in [-0.15, -0.1) is 0 Å². The zero-order chi connectivity index (χ0) is 21.0. The molecule has 0 aliphatic heterocycles. The third-order valence-electron chi connectivity index (χ3n) is 9.39. The number of oxime groups is 1. The van der Waals surface area contributed by atoms with Gasteiger partial charge in [0.05, 0.1) is 5.71 Å². The zero-order valence-corrected chi connectivity index (χ0v) is 18.6. The Bertz CT molecular complexity index is 730. The third-order valence-corrected chi connectivity index (χ3v) is 9.39. The second-order valence-corrected chi connectivity index (χ2v) is 11.1. The standard InChI is InChI=1S/C24H38N2O3/c1-22(2)19(26-29-13-5-12-25)9-11-24(4)17-8-10-23(3)16(6-7-20(23)28)15(17)14-18(27)21(22)24/h15-17,21H,5-14,25H2,1-4H3/b26-19+/t15-,16-,17-,21?,23-,24+/m0/s1. The van der Waals surface area contributed by atoms with Crippen molar-refractivity contribution in [2.45, 2.75) is 79.1 Å². The Labute approximate surface area is 175 Å². The molecule has 162 valence electrons. The van der Waals surface area contributed by atoms with Crippen molar-refractivity contribution in [3.05, 3.63) is 0 Å². The minimum Gasteiger partial charge on any atom is -0.396 e. The molecule has 2 N–H and O–H groups in total. The van der Waals surface area contributed by atoms with E-state index in [0.29, 0.717) is 55.3 Å². The van der Waals surface area contributed by atoms with Crippen LogP contribution in [0.4, 0.5) is 0 Å². The summed E-state index contributed by atoms with van der Waals surface area (Å²) in [5, 5.41) is 4.47. The Hall–Kier alpha value is -1.23. The predicted molar refractivity (Wildman–Crippen MR) is 113 cm³/mol. The number of hydrogen-bond donors (Lipinski definition) is 1. The smallest absolute Gasteiger partial charge is 0.139 e. The fourth-order valence-corrected chi connectivity index (χ4v) is 7.96. The van der Waals surface area contributed by atoms with Crippen molar-refractivity contribution in [3.8, 4) is 0 Å². The van der Waals surface area contributed by atoms with Crippen molar-refractivity contribution >= 4 is 17.3 Å². The van der Waals surface area contributed by atoms with Gasteiger partial charge in [0.1, 0.15) is 18.2 Å². The van der Waals surface area contributed by atoms with Crippen LogP contribution in [-0.4, -0.2) is 30.4 Å². The van der Waals surface area contributed by atoms with E-state index in [9.17, 15) is 9.59 Å². The lowest BCUT2D eigenvalue weighted by atomic mass is 9.41. The Morgan fingerprint density at radius 1 is 1.07 bits per heavy atom. The fourth-order valence-electron chi connectivity index (χ4n) is 7.96. The summed E-state index contributed by atoms with van der Waals surface area (Å²) in [6, 6.07) is 0. The second-order valence-electron chi connectivity index (χ2n) is 11.1. The van der Waals surface area contributed by atoms with Crippen LogP contribution in [0.5, 0.6) is 0 Å². The Balaban J connectivity index is 1.62. The molecule has 0 aromatic heterocycles. The number of carbonyl (C=O) groups excluding carboxylic acids is 2. The molecular formula is C24H38N2O3. The van der Waals surface area contributed by atoms with Gasteiger partial charge in [-0.05, 0) is 68.2 Å². The average Bonchev–Trinajstić information content (AvgIpc) is 2.95. The van der Waals surface area contributed by atoms with Gasteiger partial charge in [-0.2, -0.15) is 0 Å². The van der Waals surface area contributed by atoms with Gasteiger partial charge in [0, 0.05) is 29.6 Å². The normalized spacial score (nSPS) is 44.9. The molecule has 5 heteroatoms. The number of hydrogen-bond acceptors (Lipinski definition) is 5. The van der Waals surface area contributed by atoms with Crippen LogP contribution in [0.2, 0.25) is 0 Å². The Kier molecular flexibility index (Phi) is 5.20. The monoisotopic (exact) mass is 402 g/mol. The number of carbonyl (C=O) groups is 2. The van der Waals surface area contributed by atoms with Crippen LogP contribution in [0.15, 0.2) is 5.16 Å². The summed E-state index contributed by atoms with van der Waals surface area (Å²) in [5.41, 5.74) is 6.10. The number of nitrogens with zero attached hydrogens (tertiary/aromatic N) is 1. The number of Topliss-reactive ketones (excluding diaryl/α,β-unsaturated/α-hetero) is 2. The summed E-state index contributed by atoms with van der Waals surface area (Å²) in [4.78, 5) is 31.8. The van der Waals surface area contributed by atoms with Crippen molar-refractivity contribution < 1.29 is 14.4 Å². The van der Waals surface area contributed by atoms with Crippen LogP contribution in [0.3, 0.4) is 0 Å². The lowest BCUT2D eigenvalue weighted by Gasteiger charge is -2.62. The summed E-state index contributed by atoms with van der Waals surface area (Å²) in [6.45, 7) is 10.0. The van der Waals surface area contributed by atoms with Crippen molar-refractivity contribution in [1.82, 2.24) is 0 Å². The molecule has 4 aliphatic rings. The highest BCUT2D eigenvalue weighted by atomic mass is 16.6. The first-order valence-electron chi connectivity index (χ1n) is 11.6. The largest absolute Gasteiger partial charge is 0.396 e. The first kappa shape index (κ1) is 21.0. The molecule has 4 aliphatic carbocycles. The van der Waals surface area contributed by atoms with Crippen LogP contribution in [0, 0.1) is 39.9 Å². The summed E-state index contributed by atoms with van der Waals surface area (Å²) in [5.74, 6) is 2.12. The SMILES string of the molecule is CC1(C)/C(=N/OCCCN)CC[C@@]2(C)C1C(=O)C[C@@H]1[C@@H]2CC[C@]2(C)C(=O)CC[C@@H]12. The summed E-state index contributed by atoms with van der Waals surface area (Å²) < 4.78 is 0. The highest BCUT2D eigenvalue weighted by Crippen LogP contribution is 2.66. The van der Waals surface area contributed by atoms with E-state index in [-0.39, 0.29) is 22.2 Å². The van der Waals surface area contributed by atoms with Crippen molar-refractivity contribution in [1.29, 1.82) is 0 Å². The maximum Gasteiger partial charge on any atom is 0.139 e. The molecule has 4 rings (SSSR count). The van der Waals surface area contributed by atoms with Crippen molar-refractivity contribution in [2.75, 3.05) is 13.2 Å². The number of fused-ring (bicyclic) bond motifs is 5. The van der Waals surface area contributed by atoms with E-state index in [0.717, 1.165) is 44.2 Å². The quantitative estimate of drug-likeness (QED) is 0.566.